The molecule has 1 aromatic heterocycles. The zero-order chi connectivity index (χ0) is 15.1. The Morgan fingerprint density at radius 2 is 1.86 bits per heavy atom. The van der Waals surface area contributed by atoms with Crippen molar-refractivity contribution in [1.29, 1.82) is 0 Å². The van der Waals surface area contributed by atoms with E-state index in [2.05, 4.69) is 60.7 Å². The lowest BCUT2D eigenvalue weighted by Crippen LogP contribution is -2.28. The van der Waals surface area contributed by atoms with E-state index >= 15 is 0 Å². The van der Waals surface area contributed by atoms with Gasteiger partial charge in [0, 0.05) is 18.0 Å². The van der Waals surface area contributed by atoms with Crippen molar-refractivity contribution in [1.82, 2.24) is 10.3 Å². The third-order valence-electron chi connectivity index (χ3n) is 3.58. The van der Waals surface area contributed by atoms with Crippen LogP contribution in [-0.2, 0) is 12.8 Å². The molecule has 1 heterocycles. The summed E-state index contributed by atoms with van der Waals surface area (Å²) < 4.78 is 0. The lowest BCUT2D eigenvalue weighted by molar-refractivity contribution is 0.445. The highest BCUT2D eigenvalue weighted by molar-refractivity contribution is 7.09. The first-order valence-corrected chi connectivity index (χ1v) is 8.66. The van der Waals surface area contributed by atoms with Crippen molar-refractivity contribution < 1.29 is 0 Å². The molecule has 3 heteroatoms. The molecule has 0 radical (unpaired) electrons. The fourth-order valence-corrected chi connectivity index (χ4v) is 3.18. The van der Waals surface area contributed by atoms with Crippen LogP contribution >= 0.6 is 11.3 Å². The second-order valence-corrected chi connectivity index (χ2v) is 7.22. The first-order valence-electron chi connectivity index (χ1n) is 7.78. The van der Waals surface area contributed by atoms with Crippen LogP contribution in [-0.4, -0.2) is 18.1 Å². The maximum Gasteiger partial charge on any atom is 0.0928 e. The van der Waals surface area contributed by atoms with Crippen molar-refractivity contribution in [2.45, 2.75) is 33.6 Å². The van der Waals surface area contributed by atoms with E-state index in [9.17, 15) is 0 Å². The summed E-state index contributed by atoms with van der Waals surface area (Å²) in [4.78, 5) is 4.45. The van der Waals surface area contributed by atoms with Gasteiger partial charge in [0.25, 0.3) is 0 Å². The van der Waals surface area contributed by atoms with Crippen molar-refractivity contribution in [3.05, 3.63) is 52.0 Å². The zero-order valence-electron chi connectivity index (χ0n) is 13.3. The zero-order valence-corrected chi connectivity index (χ0v) is 14.1. The third-order valence-corrected chi connectivity index (χ3v) is 4.38. The summed E-state index contributed by atoms with van der Waals surface area (Å²) in [5.74, 6) is 1.31. The number of hydrogen-bond acceptors (Lipinski definition) is 3. The highest BCUT2D eigenvalue weighted by Gasteiger charge is 2.12. The standard InChI is InChI=1S/C18H26N2S/c1-14(2)12-19-13-17(11-18-20-8-9-21-18)10-16-6-4-15(3)5-7-16/h4-9,14,17,19H,10-13H2,1-3H3. The van der Waals surface area contributed by atoms with E-state index in [0.29, 0.717) is 11.8 Å². The number of benzene rings is 1. The summed E-state index contributed by atoms with van der Waals surface area (Å²) in [5.41, 5.74) is 2.75. The Morgan fingerprint density at radius 1 is 1.10 bits per heavy atom. The number of aromatic nitrogens is 1. The molecule has 0 aliphatic carbocycles. The van der Waals surface area contributed by atoms with Crippen LogP contribution in [0.2, 0.25) is 0 Å². The van der Waals surface area contributed by atoms with Gasteiger partial charge in [-0.1, -0.05) is 43.7 Å². The molecule has 114 valence electrons. The number of thiazole rings is 1. The minimum absolute atomic E-state index is 0.609. The molecule has 0 saturated carbocycles. The maximum absolute atomic E-state index is 4.45. The normalized spacial score (nSPS) is 12.8. The molecular weight excluding hydrogens is 276 g/mol. The molecule has 0 bridgehead atoms. The number of rotatable bonds is 8. The van der Waals surface area contributed by atoms with Crippen LogP contribution in [0.4, 0.5) is 0 Å². The van der Waals surface area contributed by atoms with Crippen molar-refractivity contribution in [2.24, 2.45) is 11.8 Å². The summed E-state index contributed by atoms with van der Waals surface area (Å²) in [6, 6.07) is 8.92. The molecule has 0 saturated heterocycles. The summed E-state index contributed by atoms with van der Waals surface area (Å²) in [7, 11) is 0. The van der Waals surface area contributed by atoms with Gasteiger partial charge in [-0.25, -0.2) is 4.98 Å². The average Bonchev–Trinajstić information content (AvgIpc) is 2.94. The Balaban J connectivity index is 1.95. The van der Waals surface area contributed by atoms with Gasteiger partial charge in [0.15, 0.2) is 0 Å². The van der Waals surface area contributed by atoms with E-state index in [-0.39, 0.29) is 0 Å². The highest BCUT2D eigenvalue weighted by Crippen LogP contribution is 2.16. The molecule has 1 N–H and O–H groups in total. The van der Waals surface area contributed by atoms with Gasteiger partial charge in [0.1, 0.15) is 0 Å². The van der Waals surface area contributed by atoms with Gasteiger partial charge in [-0.05, 0) is 43.8 Å². The van der Waals surface area contributed by atoms with Crippen LogP contribution in [0.1, 0.15) is 30.0 Å². The average molecular weight is 302 g/mol. The Kier molecular flexibility index (Phi) is 6.40. The lowest BCUT2D eigenvalue weighted by atomic mass is 9.95. The fourth-order valence-electron chi connectivity index (χ4n) is 2.45. The monoisotopic (exact) mass is 302 g/mol. The van der Waals surface area contributed by atoms with E-state index in [1.165, 1.54) is 16.1 Å². The van der Waals surface area contributed by atoms with Gasteiger partial charge in [-0.2, -0.15) is 0 Å². The van der Waals surface area contributed by atoms with E-state index in [0.717, 1.165) is 25.9 Å². The van der Waals surface area contributed by atoms with Gasteiger partial charge >= 0.3 is 0 Å². The topological polar surface area (TPSA) is 24.9 Å². The van der Waals surface area contributed by atoms with Crippen LogP contribution in [0.15, 0.2) is 35.8 Å². The molecule has 1 atom stereocenters. The highest BCUT2D eigenvalue weighted by atomic mass is 32.1. The largest absolute Gasteiger partial charge is 0.316 e. The Hall–Kier alpha value is -1.19. The Bertz CT molecular complexity index is 503. The smallest absolute Gasteiger partial charge is 0.0928 e. The fraction of sp³-hybridized carbons (Fsp3) is 0.500. The third kappa shape index (κ3) is 5.98. The van der Waals surface area contributed by atoms with Crippen LogP contribution in [0, 0.1) is 18.8 Å². The van der Waals surface area contributed by atoms with E-state index in [4.69, 9.17) is 0 Å². The van der Waals surface area contributed by atoms with Crippen molar-refractivity contribution >= 4 is 11.3 Å². The SMILES string of the molecule is Cc1ccc(CC(CNCC(C)C)Cc2nccs2)cc1. The number of nitrogens with zero attached hydrogens (tertiary/aromatic N) is 1. The Labute approximate surface area is 132 Å². The summed E-state index contributed by atoms with van der Waals surface area (Å²) in [6.07, 6.45) is 4.09. The van der Waals surface area contributed by atoms with Crippen molar-refractivity contribution in [2.75, 3.05) is 13.1 Å². The molecule has 21 heavy (non-hydrogen) atoms. The molecular formula is C18H26N2S. The first kappa shape index (κ1) is 16.2. The quantitative estimate of drug-likeness (QED) is 0.794. The van der Waals surface area contributed by atoms with Crippen molar-refractivity contribution in [3.8, 4) is 0 Å². The van der Waals surface area contributed by atoms with Gasteiger partial charge in [-0.15, -0.1) is 11.3 Å². The minimum atomic E-state index is 0.609. The molecule has 0 spiro atoms. The molecule has 2 aromatic rings. The van der Waals surface area contributed by atoms with Crippen LogP contribution in [0.25, 0.3) is 0 Å². The van der Waals surface area contributed by atoms with Gasteiger partial charge in [0.05, 0.1) is 5.01 Å². The number of aryl methyl sites for hydroxylation is 1. The summed E-state index contributed by atoms with van der Waals surface area (Å²) in [6.45, 7) is 8.79. The lowest BCUT2D eigenvalue weighted by Gasteiger charge is -2.18. The van der Waals surface area contributed by atoms with Crippen molar-refractivity contribution in [3.63, 3.8) is 0 Å². The summed E-state index contributed by atoms with van der Waals surface area (Å²) >= 11 is 1.77. The number of hydrogen-bond donors (Lipinski definition) is 1. The minimum Gasteiger partial charge on any atom is -0.316 e. The van der Waals surface area contributed by atoms with Gasteiger partial charge in [0.2, 0.25) is 0 Å². The van der Waals surface area contributed by atoms with E-state index in [1.807, 2.05) is 6.20 Å². The molecule has 0 fully saturated rings. The van der Waals surface area contributed by atoms with E-state index < -0.39 is 0 Å². The maximum atomic E-state index is 4.45. The first-order chi connectivity index (χ1) is 10.1. The molecule has 2 rings (SSSR count). The van der Waals surface area contributed by atoms with Crippen LogP contribution in [0.3, 0.4) is 0 Å². The number of nitrogens with one attached hydrogen (secondary N) is 1. The molecule has 0 aliphatic rings. The van der Waals surface area contributed by atoms with E-state index in [1.54, 1.807) is 11.3 Å². The predicted molar refractivity (Wildman–Crippen MR) is 91.9 cm³/mol. The Morgan fingerprint density at radius 3 is 2.48 bits per heavy atom. The van der Waals surface area contributed by atoms with Crippen LogP contribution < -0.4 is 5.32 Å². The van der Waals surface area contributed by atoms with Gasteiger partial charge in [-0.3, -0.25) is 0 Å². The second-order valence-electron chi connectivity index (χ2n) is 6.24. The molecule has 0 amide bonds. The second kappa shape index (κ2) is 8.30. The molecule has 1 aromatic carbocycles. The van der Waals surface area contributed by atoms with Crippen LogP contribution in [0.5, 0.6) is 0 Å². The molecule has 1 unspecified atom stereocenters. The van der Waals surface area contributed by atoms with Gasteiger partial charge < -0.3 is 5.32 Å². The predicted octanol–water partition coefficient (Wildman–Crippen LogP) is 4.10. The molecule has 0 aliphatic heterocycles. The summed E-state index contributed by atoms with van der Waals surface area (Å²) in [5, 5.41) is 6.92. The molecule has 2 nitrogen and oxygen atoms in total.